The molecule has 3 atom stereocenters. The van der Waals surface area contributed by atoms with Crippen molar-refractivity contribution in [3.8, 4) is 0 Å². The number of hydrogen-bond donors (Lipinski definition) is 0. The predicted molar refractivity (Wildman–Crippen MR) is 65.2 cm³/mol. The molecule has 3 fully saturated rings. The molecular formula is C13H19NO5. The van der Waals surface area contributed by atoms with Crippen LogP contribution in [0.25, 0.3) is 0 Å². The van der Waals surface area contributed by atoms with E-state index in [2.05, 4.69) is 6.58 Å². The lowest BCUT2D eigenvalue weighted by atomic mass is 10.1. The Kier molecular flexibility index (Phi) is 3.13. The van der Waals surface area contributed by atoms with Crippen LogP contribution in [0.1, 0.15) is 13.8 Å². The molecule has 3 aliphatic heterocycles. The minimum atomic E-state index is -0.689. The van der Waals surface area contributed by atoms with E-state index in [1.54, 1.807) is 4.90 Å². The maximum Gasteiger partial charge on any atom is 0.256 e. The Morgan fingerprint density at radius 1 is 1.32 bits per heavy atom. The average Bonchev–Trinajstić information content (AvgIpc) is 2.84. The van der Waals surface area contributed by atoms with Gasteiger partial charge in [-0.05, 0) is 19.4 Å². The molecule has 0 aromatic rings. The molecule has 0 aliphatic carbocycles. The first-order chi connectivity index (χ1) is 8.98. The zero-order chi connectivity index (χ0) is 13.6. The summed E-state index contributed by atoms with van der Waals surface area (Å²) in [4.78, 5) is 14.1. The fraction of sp³-hybridized carbons (Fsp3) is 0.769. The first-order valence-electron chi connectivity index (χ1n) is 6.54. The number of hydrogen-bond acceptors (Lipinski definition) is 5. The lowest BCUT2D eigenvalue weighted by molar-refractivity contribution is -0.204. The van der Waals surface area contributed by atoms with Crippen molar-refractivity contribution in [2.45, 2.75) is 38.1 Å². The van der Waals surface area contributed by atoms with Crippen LogP contribution in [0.4, 0.5) is 0 Å². The van der Waals surface area contributed by atoms with Crippen LogP contribution in [0.2, 0.25) is 0 Å². The minimum Gasteiger partial charge on any atom is -0.378 e. The van der Waals surface area contributed by atoms with Gasteiger partial charge in [-0.1, -0.05) is 6.58 Å². The third-order valence-electron chi connectivity index (χ3n) is 3.58. The average molecular weight is 269 g/mol. The van der Waals surface area contributed by atoms with Crippen LogP contribution in [0.15, 0.2) is 12.2 Å². The maximum absolute atomic E-state index is 12.4. The lowest BCUT2D eigenvalue weighted by Gasteiger charge is -2.30. The summed E-state index contributed by atoms with van der Waals surface area (Å²) in [5.74, 6) is -0.765. The summed E-state index contributed by atoms with van der Waals surface area (Å²) in [6, 6.07) is 0. The molecule has 6 heteroatoms. The highest BCUT2D eigenvalue weighted by molar-refractivity contribution is 5.84. The van der Waals surface area contributed by atoms with Gasteiger partial charge in [-0.3, -0.25) is 4.79 Å². The van der Waals surface area contributed by atoms with Gasteiger partial charge in [-0.25, -0.2) is 0 Å². The molecule has 6 nitrogen and oxygen atoms in total. The van der Waals surface area contributed by atoms with Gasteiger partial charge in [0.1, 0.15) is 6.10 Å². The Balaban J connectivity index is 1.68. The van der Waals surface area contributed by atoms with Crippen LogP contribution in [0, 0.1) is 0 Å². The number of amides is 1. The number of rotatable bonds is 1. The largest absolute Gasteiger partial charge is 0.378 e. The van der Waals surface area contributed by atoms with Gasteiger partial charge in [0, 0.05) is 13.1 Å². The lowest BCUT2D eigenvalue weighted by Crippen LogP contribution is -2.46. The molecule has 0 aromatic carbocycles. The number of ether oxygens (including phenoxy) is 4. The van der Waals surface area contributed by atoms with Crippen molar-refractivity contribution >= 4 is 5.91 Å². The molecule has 3 heterocycles. The van der Waals surface area contributed by atoms with E-state index < -0.39 is 18.2 Å². The summed E-state index contributed by atoms with van der Waals surface area (Å²) in [6.07, 6.45) is -1.55. The van der Waals surface area contributed by atoms with E-state index in [0.29, 0.717) is 31.9 Å². The van der Waals surface area contributed by atoms with Crippen LogP contribution in [-0.4, -0.2) is 61.4 Å². The zero-order valence-electron chi connectivity index (χ0n) is 11.3. The smallest absolute Gasteiger partial charge is 0.256 e. The molecule has 3 saturated heterocycles. The van der Waals surface area contributed by atoms with Gasteiger partial charge in [0.2, 0.25) is 0 Å². The Bertz CT molecular complexity index is 402. The molecule has 0 radical (unpaired) electrons. The molecule has 0 aromatic heterocycles. The summed E-state index contributed by atoms with van der Waals surface area (Å²) in [5, 5.41) is 0. The normalized spacial score (nSPS) is 37.5. The van der Waals surface area contributed by atoms with Crippen molar-refractivity contribution in [3.05, 3.63) is 12.2 Å². The Hall–Kier alpha value is -0.950. The molecule has 3 rings (SSSR count). The summed E-state index contributed by atoms with van der Waals surface area (Å²) in [7, 11) is 0. The van der Waals surface area contributed by atoms with Gasteiger partial charge in [0.25, 0.3) is 5.91 Å². The van der Waals surface area contributed by atoms with Crippen molar-refractivity contribution < 1.29 is 23.7 Å². The molecule has 0 N–H and O–H groups in total. The van der Waals surface area contributed by atoms with Gasteiger partial charge in [0.15, 0.2) is 18.2 Å². The van der Waals surface area contributed by atoms with Crippen molar-refractivity contribution in [3.63, 3.8) is 0 Å². The standard InChI is InChI=1S/C13H19NO5/c1-8-9(11(15)14-4-6-16-7-5-14)17-12-10(8)18-13(2,3)19-12/h9-10,12H,1,4-7H2,2-3H3/t9?,10-,12-/m0/s1. The molecule has 0 saturated carbocycles. The first-order valence-corrected chi connectivity index (χ1v) is 6.54. The second-order valence-corrected chi connectivity index (χ2v) is 5.45. The van der Waals surface area contributed by atoms with E-state index in [1.165, 1.54) is 0 Å². The van der Waals surface area contributed by atoms with E-state index in [0.717, 1.165) is 0 Å². The zero-order valence-corrected chi connectivity index (χ0v) is 11.3. The third-order valence-corrected chi connectivity index (χ3v) is 3.58. The summed E-state index contributed by atoms with van der Waals surface area (Å²) < 4.78 is 22.2. The highest BCUT2D eigenvalue weighted by Crippen LogP contribution is 2.40. The number of carbonyl (C=O) groups excluding carboxylic acids is 1. The van der Waals surface area contributed by atoms with Gasteiger partial charge in [-0.15, -0.1) is 0 Å². The molecule has 106 valence electrons. The second-order valence-electron chi connectivity index (χ2n) is 5.45. The molecule has 1 amide bonds. The minimum absolute atomic E-state index is 0.0762. The molecule has 0 spiro atoms. The van der Waals surface area contributed by atoms with Crippen LogP contribution < -0.4 is 0 Å². The predicted octanol–water partition coefficient (Wildman–Crippen LogP) is 0.278. The van der Waals surface area contributed by atoms with Crippen molar-refractivity contribution in [2.24, 2.45) is 0 Å². The van der Waals surface area contributed by atoms with Crippen molar-refractivity contribution in [1.29, 1.82) is 0 Å². The summed E-state index contributed by atoms with van der Waals surface area (Å²) in [6.45, 7) is 9.91. The van der Waals surface area contributed by atoms with Gasteiger partial charge >= 0.3 is 0 Å². The Morgan fingerprint density at radius 3 is 2.63 bits per heavy atom. The highest BCUT2D eigenvalue weighted by Gasteiger charge is 2.53. The quantitative estimate of drug-likeness (QED) is 0.640. The maximum atomic E-state index is 12.4. The van der Waals surface area contributed by atoms with E-state index >= 15 is 0 Å². The Morgan fingerprint density at radius 2 is 2.00 bits per heavy atom. The van der Waals surface area contributed by atoms with Crippen LogP contribution in [0.3, 0.4) is 0 Å². The van der Waals surface area contributed by atoms with Crippen molar-refractivity contribution in [2.75, 3.05) is 26.3 Å². The topological polar surface area (TPSA) is 57.2 Å². The van der Waals surface area contributed by atoms with Gasteiger partial charge < -0.3 is 23.8 Å². The van der Waals surface area contributed by atoms with Gasteiger partial charge in [-0.2, -0.15) is 0 Å². The number of carbonyl (C=O) groups is 1. The molecular weight excluding hydrogens is 250 g/mol. The van der Waals surface area contributed by atoms with Crippen LogP contribution in [0.5, 0.6) is 0 Å². The van der Waals surface area contributed by atoms with E-state index in [9.17, 15) is 4.79 Å². The van der Waals surface area contributed by atoms with Crippen LogP contribution >= 0.6 is 0 Å². The van der Waals surface area contributed by atoms with Crippen molar-refractivity contribution in [1.82, 2.24) is 4.90 Å². The second kappa shape index (κ2) is 4.56. The molecule has 1 unspecified atom stereocenters. The summed E-state index contributed by atoms with van der Waals surface area (Å²) >= 11 is 0. The van der Waals surface area contributed by atoms with E-state index in [1.807, 2.05) is 13.8 Å². The number of nitrogens with zero attached hydrogens (tertiary/aromatic N) is 1. The molecule has 19 heavy (non-hydrogen) atoms. The first kappa shape index (κ1) is 13.1. The highest BCUT2D eigenvalue weighted by atomic mass is 16.8. The number of morpholine rings is 1. The third kappa shape index (κ3) is 2.29. The number of fused-ring (bicyclic) bond motifs is 1. The fourth-order valence-electron chi connectivity index (χ4n) is 2.62. The summed E-state index contributed by atoms with van der Waals surface area (Å²) in [5.41, 5.74) is 0.645. The van der Waals surface area contributed by atoms with Gasteiger partial charge in [0.05, 0.1) is 13.2 Å². The van der Waals surface area contributed by atoms with E-state index in [4.69, 9.17) is 18.9 Å². The van der Waals surface area contributed by atoms with Crippen LogP contribution in [-0.2, 0) is 23.7 Å². The van der Waals surface area contributed by atoms with E-state index in [-0.39, 0.29) is 12.0 Å². The Labute approximate surface area is 112 Å². The molecule has 3 aliphatic rings. The fourth-order valence-corrected chi connectivity index (χ4v) is 2.62. The monoisotopic (exact) mass is 269 g/mol. The molecule has 0 bridgehead atoms. The SMILES string of the molecule is C=C1C(C(=O)N2CCOCC2)O[C@H]2OC(C)(C)O[C@@H]12.